The summed E-state index contributed by atoms with van der Waals surface area (Å²) in [5.74, 6) is 0.814. The molecule has 0 N–H and O–H groups in total. The Morgan fingerprint density at radius 3 is 2.71 bits per heavy atom. The van der Waals surface area contributed by atoms with Gasteiger partial charge in [0.15, 0.2) is 0 Å². The lowest BCUT2D eigenvalue weighted by Gasteiger charge is -2.21. The van der Waals surface area contributed by atoms with Crippen LogP contribution in [0.15, 0.2) is 48.8 Å². The Bertz CT molecular complexity index is 737. The van der Waals surface area contributed by atoms with E-state index in [-0.39, 0.29) is 5.91 Å². The Morgan fingerprint density at radius 2 is 2.04 bits per heavy atom. The zero-order valence-corrected chi connectivity index (χ0v) is 14.1. The van der Waals surface area contributed by atoms with Crippen molar-refractivity contribution in [3.05, 3.63) is 65.5 Å². The van der Waals surface area contributed by atoms with Crippen LogP contribution in [0, 0.1) is 6.92 Å². The number of carbonyl (C=O) groups is 1. The van der Waals surface area contributed by atoms with E-state index in [1.807, 2.05) is 48.2 Å². The summed E-state index contributed by atoms with van der Waals surface area (Å²) in [5.41, 5.74) is 3.16. The molecule has 1 amide bonds. The van der Waals surface area contributed by atoms with Crippen LogP contribution in [0.2, 0.25) is 0 Å². The molecule has 0 saturated heterocycles. The number of pyridine rings is 1. The molecular formula is C20H22N2O2. The molecule has 1 aromatic heterocycles. The molecule has 1 aliphatic rings. The van der Waals surface area contributed by atoms with Gasteiger partial charge in [0.05, 0.1) is 7.11 Å². The van der Waals surface area contributed by atoms with Crippen LogP contribution < -0.4 is 4.74 Å². The Labute approximate surface area is 142 Å². The van der Waals surface area contributed by atoms with Gasteiger partial charge in [-0.1, -0.05) is 11.6 Å². The zero-order chi connectivity index (χ0) is 16.9. The second-order valence-electron chi connectivity index (χ2n) is 6.13. The van der Waals surface area contributed by atoms with Gasteiger partial charge < -0.3 is 9.64 Å². The Balaban J connectivity index is 1.75. The number of aromatic nitrogens is 1. The molecule has 0 unspecified atom stereocenters. The first kappa shape index (κ1) is 16.2. The third-order valence-corrected chi connectivity index (χ3v) is 4.16. The molecule has 2 aromatic rings. The van der Waals surface area contributed by atoms with Crippen molar-refractivity contribution in [1.29, 1.82) is 0 Å². The fourth-order valence-corrected chi connectivity index (χ4v) is 2.70. The topological polar surface area (TPSA) is 42.4 Å². The van der Waals surface area contributed by atoms with E-state index in [1.54, 1.807) is 25.6 Å². The SMILES string of the molecule is COc1ccc(C)cc1/C=C/C(=O)N(Cc1ccncc1)C1CC1. The lowest BCUT2D eigenvalue weighted by atomic mass is 10.1. The molecule has 4 nitrogen and oxygen atoms in total. The molecule has 124 valence electrons. The van der Waals surface area contributed by atoms with Gasteiger partial charge in [-0.25, -0.2) is 0 Å². The molecule has 4 heteroatoms. The molecule has 0 radical (unpaired) electrons. The second-order valence-corrected chi connectivity index (χ2v) is 6.13. The minimum absolute atomic E-state index is 0.0397. The summed E-state index contributed by atoms with van der Waals surface area (Å²) >= 11 is 0. The highest BCUT2D eigenvalue weighted by atomic mass is 16.5. The number of benzene rings is 1. The van der Waals surface area contributed by atoms with Crippen molar-refractivity contribution in [1.82, 2.24) is 9.88 Å². The maximum Gasteiger partial charge on any atom is 0.247 e. The first-order valence-corrected chi connectivity index (χ1v) is 8.19. The lowest BCUT2D eigenvalue weighted by Crippen LogP contribution is -2.31. The smallest absolute Gasteiger partial charge is 0.247 e. The summed E-state index contributed by atoms with van der Waals surface area (Å²) in [5, 5.41) is 0. The van der Waals surface area contributed by atoms with E-state index < -0.39 is 0 Å². The van der Waals surface area contributed by atoms with Gasteiger partial charge in [-0.3, -0.25) is 9.78 Å². The minimum Gasteiger partial charge on any atom is -0.496 e. The van der Waals surface area contributed by atoms with Crippen molar-refractivity contribution in [2.75, 3.05) is 7.11 Å². The molecule has 0 aliphatic heterocycles. The van der Waals surface area contributed by atoms with Gasteiger partial charge in [0.25, 0.3) is 0 Å². The molecule has 1 aromatic carbocycles. The summed E-state index contributed by atoms with van der Waals surface area (Å²) < 4.78 is 5.37. The van der Waals surface area contributed by atoms with Crippen molar-refractivity contribution >= 4 is 12.0 Å². The average molecular weight is 322 g/mol. The largest absolute Gasteiger partial charge is 0.496 e. The minimum atomic E-state index is 0.0397. The number of nitrogens with zero attached hydrogens (tertiary/aromatic N) is 2. The highest BCUT2D eigenvalue weighted by Crippen LogP contribution is 2.29. The molecule has 0 spiro atoms. The van der Waals surface area contributed by atoms with Crippen molar-refractivity contribution in [3.8, 4) is 5.75 Å². The number of aryl methyl sites for hydroxylation is 1. The van der Waals surface area contributed by atoms with Crippen LogP contribution >= 0.6 is 0 Å². The lowest BCUT2D eigenvalue weighted by molar-refractivity contribution is -0.127. The maximum absolute atomic E-state index is 12.7. The van der Waals surface area contributed by atoms with Gasteiger partial charge >= 0.3 is 0 Å². The third-order valence-electron chi connectivity index (χ3n) is 4.16. The van der Waals surface area contributed by atoms with Crippen molar-refractivity contribution in [3.63, 3.8) is 0 Å². The predicted molar refractivity (Wildman–Crippen MR) is 94.6 cm³/mol. The summed E-state index contributed by atoms with van der Waals surface area (Å²) in [6.07, 6.45) is 9.18. The van der Waals surface area contributed by atoms with Crippen LogP contribution in [0.25, 0.3) is 6.08 Å². The molecule has 1 saturated carbocycles. The molecule has 0 bridgehead atoms. The zero-order valence-electron chi connectivity index (χ0n) is 14.1. The second kappa shape index (κ2) is 7.30. The summed E-state index contributed by atoms with van der Waals surface area (Å²) in [6.45, 7) is 2.65. The fourth-order valence-electron chi connectivity index (χ4n) is 2.70. The molecule has 24 heavy (non-hydrogen) atoms. The molecular weight excluding hydrogens is 300 g/mol. The number of hydrogen-bond acceptors (Lipinski definition) is 3. The maximum atomic E-state index is 12.7. The van der Waals surface area contributed by atoms with E-state index in [1.165, 1.54) is 0 Å². The Kier molecular flexibility index (Phi) is 4.94. The van der Waals surface area contributed by atoms with Gasteiger partial charge in [0.2, 0.25) is 5.91 Å². The van der Waals surface area contributed by atoms with Crippen molar-refractivity contribution < 1.29 is 9.53 Å². The number of rotatable bonds is 6. The fraction of sp³-hybridized carbons (Fsp3) is 0.300. The summed E-state index contributed by atoms with van der Waals surface area (Å²) in [7, 11) is 1.64. The molecule has 3 rings (SSSR count). The number of carbonyl (C=O) groups excluding carboxylic acids is 1. The predicted octanol–water partition coefficient (Wildman–Crippen LogP) is 3.60. The van der Waals surface area contributed by atoms with E-state index in [2.05, 4.69) is 4.98 Å². The van der Waals surface area contributed by atoms with Gasteiger partial charge in [0, 0.05) is 36.6 Å². The summed E-state index contributed by atoms with van der Waals surface area (Å²) in [6, 6.07) is 10.2. The number of methoxy groups -OCH3 is 1. The van der Waals surface area contributed by atoms with Crippen LogP contribution in [0.4, 0.5) is 0 Å². The van der Waals surface area contributed by atoms with Crippen LogP contribution in [0.1, 0.15) is 29.5 Å². The normalized spacial score (nSPS) is 13.9. The van der Waals surface area contributed by atoms with E-state index in [9.17, 15) is 4.79 Å². The van der Waals surface area contributed by atoms with E-state index in [0.717, 1.165) is 35.3 Å². The molecule has 0 atom stereocenters. The van der Waals surface area contributed by atoms with Crippen molar-refractivity contribution in [2.45, 2.75) is 32.4 Å². The van der Waals surface area contributed by atoms with Crippen LogP contribution in [-0.4, -0.2) is 28.9 Å². The highest BCUT2D eigenvalue weighted by molar-refractivity contribution is 5.92. The average Bonchev–Trinajstić information content (AvgIpc) is 3.43. The number of hydrogen-bond donors (Lipinski definition) is 0. The molecule has 1 fully saturated rings. The number of ether oxygens (including phenoxy) is 1. The van der Waals surface area contributed by atoms with Gasteiger partial charge in [0.1, 0.15) is 5.75 Å². The van der Waals surface area contributed by atoms with E-state index in [0.29, 0.717) is 12.6 Å². The molecule has 1 heterocycles. The van der Waals surface area contributed by atoms with Gasteiger partial charge in [-0.05, 0) is 55.7 Å². The quantitative estimate of drug-likeness (QED) is 0.763. The van der Waals surface area contributed by atoms with E-state index in [4.69, 9.17) is 4.74 Å². The van der Waals surface area contributed by atoms with Gasteiger partial charge in [-0.2, -0.15) is 0 Å². The van der Waals surface area contributed by atoms with E-state index >= 15 is 0 Å². The van der Waals surface area contributed by atoms with Crippen molar-refractivity contribution in [2.24, 2.45) is 0 Å². The Morgan fingerprint density at radius 1 is 1.29 bits per heavy atom. The van der Waals surface area contributed by atoms with Crippen LogP contribution in [0.5, 0.6) is 5.75 Å². The Hall–Kier alpha value is -2.62. The summed E-state index contributed by atoms with van der Waals surface area (Å²) in [4.78, 5) is 18.6. The standard InChI is InChI=1S/C20H22N2O2/c1-15-3-7-19(24-2)17(13-15)4-8-20(23)22(18-5-6-18)14-16-9-11-21-12-10-16/h3-4,7-13,18H,5-6,14H2,1-2H3/b8-4+. The highest BCUT2D eigenvalue weighted by Gasteiger charge is 2.31. The third kappa shape index (κ3) is 4.02. The number of amides is 1. The van der Waals surface area contributed by atoms with Gasteiger partial charge in [-0.15, -0.1) is 0 Å². The molecule has 1 aliphatic carbocycles. The monoisotopic (exact) mass is 322 g/mol. The first-order chi connectivity index (χ1) is 11.7. The van der Waals surface area contributed by atoms with Crippen LogP contribution in [-0.2, 0) is 11.3 Å². The first-order valence-electron chi connectivity index (χ1n) is 8.19. The van der Waals surface area contributed by atoms with Crippen LogP contribution in [0.3, 0.4) is 0 Å².